The number of aromatic amines is 1. The molecule has 2 aliphatic rings. The van der Waals surface area contributed by atoms with Crippen molar-refractivity contribution in [2.45, 2.75) is 19.3 Å². The molecule has 1 aliphatic carbocycles. The number of hydrogen-bond donors (Lipinski definition) is 2. The number of H-pyrrole nitrogens is 1. The van der Waals surface area contributed by atoms with Crippen LogP contribution in [0.4, 0.5) is 0 Å². The van der Waals surface area contributed by atoms with Crippen LogP contribution in [0.15, 0.2) is 18.2 Å². The molecular formula is C19H26N4O. The Morgan fingerprint density at radius 1 is 1.21 bits per heavy atom. The Morgan fingerprint density at radius 3 is 2.88 bits per heavy atom. The van der Waals surface area contributed by atoms with Gasteiger partial charge in [0, 0.05) is 61.4 Å². The fraction of sp³-hybridized carbons (Fsp3) is 0.526. The van der Waals surface area contributed by atoms with Gasteiger partial charge < -0.3 is 15.2 Å². The quantitative estimate of drug-likeness (QED) is 0.898. The molecule has 2 aromatic rings. The number of benzene rings is 1. The number of likely N-dealkylation sites (N-methyl/N-ethyl adjacent to an activating group) is 1. The Morgan fingerprint density at radius 2 is 2.04 bits per heavy atom. The van der Waals surface area contributed by atoms with Gasteiger partial charge in [-0.15, -0.1) is 0 Å². The van der Waals surface area contributed by atoms with E-state index in [4.69, 9.17) is 0 Å². The molecule has 0 atom stereocenters. The zero-order valence-electron chi connectivity index (χ0n) is 14.4. The van der Waals surface area contributed by atoms with Gasteiger partial charge >= 0.3 is 0 Å². The number of amides is 1. The van der Waals surface area contributed by atoms with Crippen LogP contribution in [-0.2, 0) is 12.8 Å². The van der Waals surface area contributed by atoms with E-state index in [2.05, 4.69) is 33.2 Å². The zero-order chi connectivity index (χ0) is 16.5. The van der Waals surface area contributed by atoms with Crippen molar-refractivity contribution in [3.8, 4) is 0 Å². The smallest absolute Gasteiger partial charge is 0.251 e. The van der Waals surface area contributed by atoms with Gasteiger partial charge in [-0.25, -0.2) is 0 Å². The summed E-state index contributed by atoms with van der Waals surface area (Å²) in [4.78, 5) is 20.7. The summed E-state index contributed by atoms with van der Waals surface area (Å²) in [6.07, 6.45) is 3.49. The average Bonchev–Trinajstić information content (AvgIpc) is 3.17. The second-order valence-corrected chi connectivity index (χ2v) is 7.10. The first-order chi connectivity index (χ1) is 11.7. The van der Waals surface area contributed by atoms with Crippen molar-refractivity contribution in [1.29, 1.82) is 0 Å². The molecule has 5 heteroatoms. The fourth-order valence-electron chi connectivity index (χ4n) is 3.89. The Balaban J connectivity index is 1.37. The molecule has 0 radical (unpaired) electrons. The standard InChI is InChI=1S/C19H26N4O/c1-22-9-11-23(12-10-22)8-7-20-19(24)14-5-6-18-16(13-14)15-3-2-4-17(15)21-18/h5-6,13,21H,2-4,7-12H2,1H3,(H,20,24). The summed E-state index contributed by atoms with van der Waals surface area (Å²) in [5.41, 5.74) is 4.71. The molecule has 5 nitrogen and oxygen atoms in total. The van der Waals surface area contributed by atoms with Crippen LogP contribution in [0.2, 0.25) is 0 Å². The van der Waals surface area contributed by atoms with Crippen LogP contribution in [0.3, 0.4) is 0 Å². The minimum atomic E-state index is 0.0407. The molecule has 1 aromatic carbocycles. The Labute approximate surface area is 143 Å². The first-order valence-electron chi connectivity index (χ1n) is 9.03. The molecule has 128 valence electrons. The minimum Gasteiger partial charge on any atom is -0.358 e. The Hall–Kier alpha value is -1.85. The number of nitrogens with zero attached hydrogens (tertiary/aromatic N) is 2. The van der Waals surface area contributed by atoms with Gasteiger partial charge in [0.25, 0.3) is 5.91 Å². The van der Waals surface area contributed by atoms with Crippen LogP contribution < -0.4 is 5.32 Å². The maximum absolute atomic E-state index is 12.5. The summed E-state index contributed by atoms with van der Waals surface area (Å²) < 4.78 is 0. The number of carbonyl (C=O) groups excluding carboxylic acids is 1. The maximum atomic E-state index is 12.5. The van der Waals surface area contributed by atoms with E-state index in [9.17, 15) is 4.79 Å². The van der Waals surface area contributed by atoms with E-state index in [0.29, 0.717) is 6.54 Å². The first kappa shape index (κ1) is 15.7. The van der Waals surface area contributed by atoms with Crippen molar-refractivity contribution in [1.82, 2.24) is 20.1 Å². The molecule has 2 N–H and O–H groups in total. The highest BCUT2D eigenvalue weighted by Crippen LogP contribution is 2.30. The molecule has 1 fully saturated rings. The van der Waals surface area contributed by atoms with Gasteiger partial charge in [0.1, 0.15) is 0 Å². The SMILES string of the molecule is CN1CCN(CCNC(=O)c2ccc3[nH]c4c(c3c2)CCC4)CC1. The summed E-state index contributed by atoms with van der Waals surface area (Å²) in [6.45, 7) is 6.06. The zero-order valence-corrected chi connectivity index (χ0v) is 14.4. The maximum Gasteiger partial charge on any atom is 0.251 e. The summed E-state index contributed by atoms with van der Waals surface area (Å²) in [7, 11) is 2.16. The van der Waals surface area contributed by atoms with Gasteiger partial charge in [0.15, 0.2) is 0 Å². The number of fused-ring (bicyclic) bond motifs is 3. The van der Waals surface area contributed by atoms with E-state index in [1.807, 2.05) is 12.1 Å². The molecule has 0 unspecified atom stereocenters. The van der Waals surface area contributed by atoms with Gasteiger partial charge in [0.2, 0.25) is 0 Å². The summed E-state index contributed by atoms with van der Waals surface area (Å²) in [6, 6.07) is 6.03. The van der Waals surface area contributed by atoms with Crippen molar-refractivity contribution >= 4 is 16.8 Å². The highest BCUT2D eigenvalue weighted by atomic mass is 16.1. The normalized spacial score (nSPS) is 18.9. The lowest BCUT2D eigenvalue weighted by molar-refractivity contribution is 0.0941. The van der Waals surface area contributed by atoms with Crippen molar-refractivity contribution in [2.24, 2.45) is 0 Å². The Kier molecular flexibility index (Phi) is 4.29. The molecule has 1 aliphatic heterocycles. The molecule has 0 saturated carbocycles. The molecule has 1 saturated heterocycles. The van der Waals surface area contributed by atoms with Gasteiger partial charge in [0.05, 0.1) is 0 Å². The number of aromatic nitrogens is 1. The van der Waals surface area contributed by atoms with Crippen LogP contribution in [0.25, 0.3) is 10.9 Å². The van der Waals surface area contributed by atoms with E-state index in [-0.39, 0.29) is 5.91 Å². The van der Waals surface area contributed by atoms with Gasteiger partial charge in [-0.3, -0.25) is 9.69 Å². The molecule has 0 spiro atoms. The number of hydrogen-bond acceptors (Lipinski definition) is 3. The van der Waals surface area contributed by atoms with Gasteiger partial charge in [-0.2, -0.15) is 0 Å². The predicted octanol–water partition coefficient (Wildman–Crippen LogP) is 1.63. The third-order valence-electron chi connectivity index (χ3n) is 5.42. The molecule has 0 bridgehead atoms. The molecule has 2 heterocycles. The number of nitrogens with one attached hydrogen (secondary N) is 2. The lowest BCUT2D eigenvalue weighted by Crippen LogP contribution is -2.46. The topological polar surface area (TPSA) is 51.4 Å². The van der Waals surface area contributed by atoms with Crippen LogP contribution in [-0.4, -0.2) is 67.0 Å². The summed E-state index contributed by atoms with van der Waals surface area (Å²) in [5.74, 6) is 0.0407. The second-order valence-electron chi connectivity index (χ2n) is 7.10. The van der Waals surface area contributed by atoms with E-state index < -0.39 is 0 Å². The number of carbonyl (C=O) groups is 1. The van der Waals surface area contributed by atoms with Gasteiger partial charge in [-0.1, -0.05) is 0 Å². The molecule has 1 aromatic heterocycles. The molecule has 1 amide bonds. The second kappa shape index (κ2) is 6.57. The monoisotopic (exact) mass is 326 g/mol. The van der Waals surface area contributed by atoms with Crippen LogP contribution in [0.1, 0.15) is 28.0 Å². The van der Waals surface area contributed by atoms with Gasteiger partial charge in [-0.05, 0) is 50.1 Å². The Bertz CT molecular complexity index is 743. The van der Waals surface area contributed by atoms with E-state index in [1.54, 1.807) is 0 Å². The number of rotatable bonds is 4. The molecule has 4 rings (SSSR count). The minimum absolute atomic E-state index is 0.0407. The first-order valence-corrected chi connectivity index (χ1v) is 9.03. The van der Waals surface area contributed by atoms with Crippen molar-refractivity contribution in [2.75, 3.05) is 46.3 Å². The lowest BCUT2D eigenvalue weighted by atomic mass is 10.1. The molecule has 24 heavy (non-hydrogen) atoms. The van der Waals surface area contributed by atoms with Crippen LogP contribution in [0.5, 0.6) is 0 Å². The highest BCUT2D eigenvalue weighted by molar-refractivity contribution is 5.99. The van der Waals surface area contributed by atoms with Crippen LogP contribution >= 0.6 is 0 Å². The number of aryl methyl sites for hydroxylation is 2. The average molecular weight is 326 g/mol. The third-order valence-corrected chi connectivity index (χ3v) is 5.42. The largest absolute Gasteiger partial charge is 0.358 e. The summed E-state index contributed by atoms with van der Waals surface area (Å²) in [5, 5.41) is 4.31. The van der Waals surface area contributed by atoms with E-state index >= 15 is 0 Å². The van der Waals surface area contributed by atoms with E-state index in [1.165, 1.54) is 23.1 Å². The summed E-state index contributed by atoms with van der Waals surface area (Å²) >= 11 is 0. The van der Waals surface area contributed by atoms with Crippen molar-refractivity contribution in [3.63, 3.8) is 0 Å². The van der Waals surface area contributed by atoms with Crippen molar-refractivity contribution in [3.05, 3.63) is 35.0 Å². The number of piperazine rings is 1. The molecular weight excluding hydrogens is 300 g/mol. The highest BCUT2D eigenvalue weighted by Gasteiger charge is 2.18. The van der Waals surface area contributed by atoms with Crippen LogP contribution in [0, 0.1) is 0 Å². The fourth-order valence-corrected chi connectivity index (χ4v) is 3.89. The predicted molar refractivity (Wildman–Crippen MR) is 96.6 cm³/mol. The third kappa shape index (κ3) is 3.06. The van der Waals surface area contributed by atoms with E-state index in [0.717, 1.165) is 56.6 Å². The lowest BCUT2D eigenvalue weighted by Gasteiger charge is -2.32. The van der Waals surface area contributed by atoms with Crippen molar-refractivity contribution < 1.29 is 4.79 Å².